The van der Waals surface area contributed by atoms with Crippen LogP contribution in [0.3, 0.4) is 0 Å². The topological polar surface area (TPSA) is 72.8 Å². The number of rotatable bonds is 5. The Balaban J connectivity index is 2.03. The monoisotopic (exact) mass is 386 g/mol. The van der Waals surface area contributed by atoms with Gasteiger partial charge in [-0.2, -0.15) is 0 Å². The molecule has 0 bridgehead atoms. The first-order chi connectivity index (χ1) is 14.1. The number of aromatic carboxylic acids is 1. The molecule has 0 saturated carbocycles. The van der Waals surface area contributed by atoms with Crippen LogP contribution >= 0.6 is 0 Å². The van der Waals surface area contributed by atoms with E-state index in [1.54, 1.807) is 55.6 Å². The zero-order chi connectivity index (χ0) is 20.5. The van der Waals surface area contributed by atoms with E-state index >= 15 is 0 Å². The molecule has 0 fully saturated rings. The summed E-state index contributed by atoms with van der Waals surface area (Å²) < 4.78 is 10.9. The molecule has 5 heteroatoms. The summed E-state index contributed by atoms with van der Waals surface area (Å²) in [5.74, 6) is -0.407. The molecule has 0 heterocycles. The molecule has 0 unspecified atom stereocenters. The van der Waals surface area contributed by atoms with Crippen LogP contribution in [0.5, 0.6) is 11.5 Å². The summed E-state index contributed by atoms with van der Waals surface area (Å²) in [5, 5.41) is 12.4. The normalized spacial score (nSPS) is 10.8. The lowest BCUT2D eigenvalue weighted by atomic mass is 9.91. The molecule has 0 aromatic heterocycles. The van der Waals surface area contributed by atoms with Gasteiger partial charge in [0.1, 0.15) is 11.5 Å². The van der Waals surface area contributed by atoms with Crippen molar-refractivity contribution in [3.63, 3.8) is 0 Å². The van der Waals surface area contributed by atoms with Crippen molar-refractivity contribution in [3.05, 3.63) is 83.4 Å². The van der Waals surface area contributed by atoms with Crippen molar-refractivity contribution in [2.75, 3.05) is 14.2 Å². The van der Waals surface area contributed by atoms with Crippen molar-refractivity contribution >= 4 is 33.3 Å². The van der Waals surface area contributed by atoms with Gasteiger partial charge in [0.2, 0.25) is 0 Å². The number of carboxylic acid groups (broad SMARTS) is 1. The highest BCUT2D eigenvalue weighted by molar-refractivity contribution is 6.23. The highest BCUT2D eigenvalue weighted by Crippen LogP contribution is 2.37. The van der Waals surface area contributed by atoms with Crippen LogP contribution in [-0.4, -0.2) is 31.1 Å². The zero-order valence-electron chi connectivity index (χ0n) is 15.9. The molecule has 4 aromatic carbocycles. The van der Waals surface area contributed by atoms with Gasteiger partial charge in [-0.05, 0) is 29.0 Å². The van der Waals surface area contributed by atoms with E-state index in [4.69, 9.17) is 9.47 Å². The summed E-state index contributed by atoms with van der Waals surface area (Å²) in [5.41, 5.74) is 0.483. The quantitative estimate of drug-likeness (QED) is 0.492. The second kappa shape index (κ2) is 7.28. The number of carboxylic acids is 1. The number of methoxy groups -OCH3 is 2. The van der Waals surface area contributed by atoms with Gasteiger partial charge in [0.15, 0.2) is 5.78 Å². The molecule has 0 saturated heterocycles. The predicted octanol–water partition coefficient (Wildman–Crippen LogP) is 4.94. The Morgan fingerprint density at radius 1 is 0.724 bits per heavy atom. The third kappa shape index (κ3) is 2.97. The molecule has 0 spiro atoms. The summed E-state index contributed by atoms with van der Waals surface area (Å²) in [6.07, 6.45) is 0. The van der Waals surface area contributed by atoms with Crippen LogP contribution in [0.2, 0.25) is 0 Å². The summed E-state index contributed by atoms with van der Waals surface area (Å²) in [6, 6.07) is 19.2. The summed E-state index contributed by atoms with van der Waals surface area (Å²) in [7, 11) is 3.09. The SMILES string of the molecule is COc1ccc(OC)c2c(C(=O)c3ccc4ccccc4c3C(=O)O)cccc12. The number of benzene rings is 4. The lowest BCUT2D eigenvalue weighted by Crippen LogP contribution is -2.11. The molecule has 144 valence electrons. The van der Waals surface area contributed by atoms with E-state index in [2.05, 4.69) is 0 Å². The van der Waals surface area contributed by atoms with E-state index in [1.807, 2.05) is 18.2 Å². The van der Waals surface area contributed by atoms with Crippen LogP contribution in [-0.2, 0) is 0 Å². The van der Waals surface area contributed by atoms with E-state index in [9.17, 15) is 14.7 Å². The van der Waals surface area contributed by atoms with Gasteiger partial charge in [0, 0.05) is 21.9 Å². The molecule has 4 aromatic rings. The fourth-order valence-electron chi connectivity index (χ4n) is 3.72. The van der Waals surface area contributed by atoms with Gasteiger partial charge in [-0.1, -0.05) is 48.5 Å². The third-order valence-electron chi connectivity index (χ3n) is 5.03. The first-order valence-corrected chi connectivity index (χ1v) is 9.00. The van der Waals surface area contributed by atoms with Gasteiger partial charge in [-0.15, -0.1) is 0 Å². The largest absolute Gasteiger partial charge is 0.496 e. The number of ketones is 1. The fraction of sp³-hybridized carbons (Fsp3) is 0.0833. The first kappa shape index (κ1) is 18.5. The van der Waals surface area contributed by atoms with E-state index in [-0.39, 0.29) is 16.9 Å². The van der Waals surface area contributed by atoms with Gasteiger partial charge in [0.25, 0.3) is 0 Å². The molecule has 0 atom stereocenters. The maximum Gasteiger partial charge on any atom is 0.337 e. The van der Waals surface area contributed by atoms with Crippen LogP contribution in [0, 0.1) is 0 Å². The van der Waals surface area contributed by atoms with Crippen molar-refractivity contribution in [3.8, 4) is 11.5 Å². The van der Waals surface area contributed by atoms with Crippen LogP contribution < -0.4 is 9.47 Å². The molecule has 0 amide bonds. The average Bonchev–Trinajstić information content (AvgIpc) is 2.76. The van der Waals surface area contributed by atoms with Crippen LogP contribution in [0.4, 0.5) is 0 Å². The smallest absolute Gasteiger partial charge is 0.337 e. The number of fused-ring (bicyclic) bond motifs is 2. The van der Waals surface area contributed by atoms with E-state index < -0.39 is 5.97 Å². The predicted molar refractivity (Wildman–Crippen MR) is 111 cm³/mol. The molecular weight excluding hydrogens is 368 g/mol. The van der Waals surface area contributed by atoms with E-state index in [1.165, 1.54) is 7.11 Å². The van der Waals surface area contributed by atoms with Crippen molar-refractivity contribution in [2.24, 2.45) is 0 Å². The molecule has 0 radical (unpaired) electrons. The van der Waals surface area contributed by atoms with Crippen LogP contribution in [0.15, 0.2) is 66.7 Å². The standard InChI is InChI=1S/C24H18O5/c1-28-19-12-13-20(29-2)21-16(19)8-5-9-17(21)23(25)18-11-10-14-6-3-4-7-15(14)22(18)24(26)27/h3-13H,1-2H3,(H,26,27). The molecule has 5 nitrogen and oxygen atoms in total. The van der Waals surface area contributed by atoms with E-state index in [0.717, 1.165) is 10.8 Å². The molecule has 0 aliphatic carbocycles. The second-order valence-electron chi connectivity index (χ2n) is 6.54. The molecule has 29 heavy (non-hydrogen) atoms. The Bertz CT molecular complexity index is 1270. The Kier molecular flexibility index (Phi) is 4.64. The minimum atomic E-state index is -1.14. The minimum absolute atomic E-state index is 0.00744. The van der Waals surface area contributed by atoms with Crippen LogP contribution in [0.25, 0.3) is 21.5 Å². The molecule has 1 N–H and O–H groups in total. The molecule has 0 aliphatic rings. The summed E-state index contributed by atoms with van der Waals surface area (Å²) >= 11 is 0. The number of hydrogen-bond acceptors (Lipinski definition) is 4. The van der Waals surface area contributed by atoms with Gasteiger partial charge in [0.05, 0.1) is 19.8 Å². The highest BCUT2D eigenvalue weighted by Gasteiger charge is 2.23. The molecular formula is C24H18O5. The summed E-state index contributed by atoms with van der Waals surface area (Å²) in [4.78, 5) is 25.6. The fourth-order valence-corrected chi connectivity index (χ4v) is 3.72. The van der Waals surface area contributed by atoms with E-state index in [0.29, 0.717) is 27.8 Å². The Morgan fingerprint density at radius 2 is 1.41 bits per heavy atom. The van der Waals surface area contributed by atoms with Crippen molar-refractivity contribution in [1.29, 1.82) is 0 Å². The second-order valence-corrected chi connectivity index (χ2v) is 6.54. The van der Waals surface area contributed by atoms with Gasteiger partial charge in [-0.3, -0.25) is 4.79 Å². The lowest BCUT2D eigenvalue weighted by Gasteiger charge is -2.14. The average molecular weight is 386 g/mol. The van der Waals surface area contributed by atoms with Crippen molar-refractivity contribution in [2.45, 2.75) is 0 Å². The Labute approximate surface area is 167 Å². The maximum atomic E-state index is 13.5. The molecule has 4 rings (SSSR count). The zero-order valence-corrected chi connectivity index (χ0v) is 15.9. The number of carbonyl (C=O) groups excluding carboxylic acids is 1. The van der Waals surface area contributed by atoms with Crippen LogP contribution in [0.1, 0.15) is 26.3 Å². The van der Waals surface area contributed by atoms with Gasteiger partial charge < -0.3 is 14.6 Å². The number of hydrogen-bond donors (Lipinski definition) is 1. The highest BCUT2D eigenvalue weighted by atomic mass is 16.5. The Hall–Kier alpha value is -3.86. The maximum absolute atomic E-state index is 13.5. The summed E-state index contributed by atoms with van der Waals surface area (Å²) in [6.45, 7) is 0. The lowest BCUT2D eigenvalue weighted by molar-refractivity contribution is 0.0695. The Morgan fingerprint density at radius 3 is 2.14 bits per heavy atom. The minimum Gasteiger partial charge on any atom is -0.496 e. The third-order valence-corrected chi connectivity index (χ3v) is 5.03. The number of carbonyl (C=O) groups is 2. The van der Waals surface area contributed by atoms with Crippen molar-refractivity contribution < 1.29 is 24.2 Å². The van der Waals surface area contributed by atoms with Gasteiger partial charge in [-0.25, -0.2) is 4.79 Å². The first-order valence-electron chi connectivity index (χ1n) is 9.00. The molecule has 0 aliphatic heterocycles. The van der Waals surface area contributed by atoms with Gasteiger partial charge >= 0.3 is 5.97 Å². The number of ether oxygens (including phenoxy) is 2. The van der Waals surface area contributed by atoms with Crippen molar-refractivity contribution in [1.82, 2.24) is 0 Å².